The molecule has 0 spiro atoms. The molecule has 0 saturated heterocycles. The number of hydrogen-bond donors (Lipinski definition) is 0. The fraction of sp³-hybridized carbons (Fsp3) is 0.949. The molecule has 0 fully saturated rings. The first-order valence-corrected chi connectivity index (χ1v) is 29.4. The molecule has 0 bridgehead atoms. The van der Waals surface area contributed by atoms with Crippen LogP contribution in [0.2, 0.25) is 0 Å². The molecule has 65 heavy (non-hydrogen) atoms. The smallest absolute Gasteiger partial charge is 0.306 e. The van der Waals surface area contributed by atoms with Crippen LogP contribution in [0.15, 0.2) is 0 Å². The second-order valence-corrected chi connectivity index (χ2v) is 20.8. The van der Waals surface area contributed by atoms with Gasteiger partial charge in [-0.25, -0.2) is 0 Å². The lowest BCUT2D eigenvalue weighted by Crippen LogP contribution is -2.30. The molecule has 0 aliphatic carbocycles. The van der Waals surface area contributed by atoms with Crippen molar-refractivity contribution in [2.24, 2.45) is 5.92 Å². The fourth-order valence-electron chi connectivity index (χ4n) is 9.10. The van der Waals surface area contributed by atoms with Gasteiger partial charge in [0.2, 0.25) is 0 Å². The highest BCUT2D eigenvalue weighted by molar-refractivity contribution is 5.71. The van der Waals surface area contributed by atoms with Gasteiger partial charge in [-0.3, -0.25) is 14.4 Å². The number of rotatable bonds is 54. The lowest BCUT2D eigenvalue weighted by atomic mass is 10.0. The number of unbranched alkanes of at least 4 members (excludes halogenated alkanes) is 41. The van der Waals surface area contributed by atoms with Gasteiger partial charge < -0.3 is 14.2 Å². The van der Waals surface area contributed by atoms with Gasteiger partial charge in [0.25, 0.3) is 0 Å². The van der Waals surface area contributed by atoms with Crippen LogP contribution in [-0.4, -0.2) is 37.2 Å². The van der Waals surface area contributed by atoms with Crippen LogP contribution in [0.25, 0.3) is 0 Å². The molecule has 0 aromatic rings. The predicted octanol–water partition coefficient (Wildman–Crippen LogP) is 19.4. The maximum Gasteiger partial charge on any atom is 0.306 e. The van der Waals surface area contributed by atoms with E-state index in [0.717, 1.165) is 63.7 Å². The second-order valence-electron chi connectivity index (χ2n) is 20.8. The quantitative estimate of drug-likeness (QED) is 0.0344. The van der Waals surface area contributed by atoms with Crippen molar-refractivity contribution >= 4 is 17.9 Å². The van der Waals surface area contributed by atoms with Crippen LogP contribution < -0.4 is 0 Å². The average Bonchev–Trinajstić information content (AvgIpc) is 3.29. The van der Waals surface area contributed by atoms with Crippen molar-refractivity contribution in [3.63, 3.8) is 0 Å². The van der Waals surface area contributed by atoms with E-state index in [0.29, 0.717) is 19.3 Å². The molecule has 0 N–H and O–H groups in total. The van der Waals surface area contributed by atoms with E-state index in [4.69, 9.17) is 14.2 Å². The summed E-state index contributed by atoms with van der Waals surface area (Å²) in [5, 5.41) is 0. The first kappa shape index (κ1) is 63.4. The molecule has 0 aliphatic heterocycles. The van der Waals surface area contributed by atoms with Crippen molar-refractivity contribution < 1.29 is 28.6 Å². The molecule has 1 atom stereocenters. The van der Waals surface area contributed by atoms with E-state index in [9.17, 15) is 14.4 Å². The van der Waals surface area contributed by atoms with E-state index in [2.05, 4.69) is 27.7 Å². The lowest BCUT2D eigenvalue weighted by Gasteiger charge is -2.18. The number of esters is 3. The maximum atomic E-state index is 12.9. The third-order valence-corrected chi connectivity index (χ3v) is 13.5. The standard InChI is InChI=1S/C59H114O6/c1-5-7-9-11-13-15-17-19-20-21-24-27-31-35-39-43-47-51-58(61)64-54-56(53-63-57(60)50-46-42-38-34-30-18-16-14-12-10-8-6-2)65-59(62)52-48-44-40-36-32-28-25-22-23-26-29-33-37-41-45-49-55(3)4/h55-56H,5-54H2,1-4H3/t56-/m0/s1. The third kappa shape index (κ3) is 53.2. The Labute approximate surface area is 406 Å². The van der Waals surface area contributed by atoms with Gasteiger partial charge in [-0.1, -0.05) is 297 Å². The van der Waals surface area contributed by atoms with Gasteiger partial charge in [0.15, 0.2) is 6.10 Å². The van der Waals surface area contributed by atoms with Crippen molar-refractivity contribution in [1.29, 1.82) is 0 Å². The Hall–Kier alpha value is -1.59. The highest BCUT2D eigenvalue weighted by atomic mass is 16.6. The van der Waals surface area contributed by atoms with E-state index in [1.54, 1.807) is 0 Å². The number of carbonyl (C=O) groups excluding carboxylic acids is 3. The van der Waals surface area contributed by atoms with Gasteiger partial charge in [0, 0.05) is 19.3 Å². The average molecular weight is 920 g/mol. The summed E-state index contributed by atoms with van der Waals surface area (Å²) in [6.07, 6.45) is 58.1. The zero-order chi connectivity index (χ0) is 47.4. The van der Waals surface area contributed by atoms with E-state index in [1.807, 2.05) is 0 Å². The SMILES string of the molecule is CCCCCCCCCCCCCCCCCCCC(=O)OC[C@H](COC(=O)CCCCCCCCCCCCCC)OC(=O)CCCCCCCCCCCCCCCCCC(C)C. The van der Waals surface area contributed by atoms with Crippen molar-refractivity contribution in [1.82, 2.24) is 0 Å². The highest BCUT2D eigenvalue weighted by Crippen LogP contribution is 2.18. The third-order valence-electron chi connectivity index (χ3n) is 13.5. The van der Waals surface area contributed by atoms with Gasteiger partial charge >= 0.3 is 17.9 Å². The Morgan fingerprint density at radius 3 is 0.754 bits per heavy atom. The van der Waals surface area contributed by atoms with Crippen LogP contribution in [0.4, 0.5) is 0 Å². The summed E-state index contributed by atoms with van der Waals surface area (Å²) in [5.74, 6) is 0.0138. The molecular weight excluding hydrogens is 805 g/mol. The minimum atomic E-state index is -0.761. The molecule has 0 amide bonds. The monoisotopic (exact) mass is 919 g/mol. The Bertz CT molecular complexity index is 980. The molecule has 0 aliphatic rings. The zero-order valence-corrected chi connectivity index (χ0v) is 44.5. The molecule has 0 aromatic carbocycles. The molecule has 6 nitrogen and oxygen atoms in total. The van der Waals surface area contributed by atoms with Crippen LogP contribution in [0.5, 0.6) is 0 Å². The minimum absolute atomic E-state index is 0.0616. The molecule has 0 unspecified atom stereocenters. The molecule has 386 valence electrons. The van der Waals surface area contributed by atoms with E-state index < -0.39 is 6.10 Å². The molecule has 0 aromatic heterocycles. The highest BCUT2D eigenvalue weighted by Gasteiger charge is 2.19. The van der Waals surface area contributed by atoms with Crippen molar-refractivity contribution in [3.05, 3.63) is 0 Å². The van der Waals surface area contributed by atoms with Crippen molar-refractivity contribution in [2.75, 3.05) is 13.2 Å². The summed E-state index contributed by atoms with van der Waals surface area (Å²) in [5.41, 5.74) is 0. The molecule has 0 heterocycles. The van der Waals surface area contributed by atoms with E-state index in [-0.39, 0.29) is 31.1 Å². The molecular formula is C59H114O6. The zero-order valence-electron chi connectivity index (χ0n) is 44.5. The normalized spacial score (nSPS) is 12.0. The predicted molar refractivity (Wildman–Crippen MR) is 280 cm³/mol. The largest absolute Gasteiger partial charge is 0.462 e. The van der Waals surface area contributed by atoms with Crippen LogP contribution >= 0.6 is 0 Å². The summed E-state index contributed by atoms with van der Waals surface area (Å²) in [7, 11) is 0. The number of hydrogen-bond acceptors (Lipinski definition) is 6. The van der Waals surface area contributed by atoms with Crippen LogP contribution in [-0.2, 0) is 28.6 Å². The number of ether oxygens (including phenoxy) is 3. The summed E-state index contributed by atoms with van der Waals surface area (Å²) < 4.78 is 16.9. The number of carbonyl (C=O) groups is 3. The Balaban J connectivity index is 4.27. The van der Waals surface area contributed by atoms with Crippen molar-refractivity contribution in [2.45, 2.75) is 342 Å². The molecule has 0 saturated carbocycles. The maximum absolute atomic E-state index is 12.9. The first-order chi connectivity index (χ1) is 31.9. The van der Waals surface area contributed by atoms with Crippen molar-refractivity contribution in [3.8, 4) is 0 Å². The van der Waals surface area contributed by atoms with Gasteiger partial charge in [0.1, 0.15) is 13.2 Å². The fourth-order valence-corrected chi connectivity index (χ4v) is 9.10. The Morgan fingerprint density at radius 2 is 0.508 bits per heavy atom. The summed E-state index contributed by atoms with van der Waals surface area (Å²) in [6, 6.07) is 0. The molecule has 0 radical (unpaired) electrons. The van der Waals surface area contributed by atoms with Gasteiger partial charge in [-0.15, -0.1) is 0 Å². The van der Waals surface area contributed by atoms with Gasteiger partial charge in [0.05, 0.1) is 0 Å². The first-order valence-electron chi connectivity index (χ1n) is 29.4. The minimum Gasteiger partial charge on any atom is -0.462 e. The Kier molecular flexibility index (Phi) is 52.1. The molecule has 0 rings (SSSR count). The van der Waals surface area contributed by atoms with Crippen LogP contribution in [0, 0.1) is 5.92 Å². The van der Waals surface area contributed by atoms with E-state index in [1.165, 1.54) is 231 Å². The van der Waals surface area contributed by atoms with Gasteiger partial charge in [-0.2, -0.15) is 0 Å². The van der Waals surface area contributed by atoms with Gasteiger partial charge in [-0.05, 0) is 25.2 Å². The van der Waals surface area contributed by atoms with E-state index >= 15 is 0 Å². The summed E-state index contributed by atoms with van der Waals surface area (Å²) >= 11 is 0. The lowest BCUT2D eigenvalue weighted by molar-refractivity contribution is -0.167. The molecule has 6 heteroatoms. The van der Waals surface area contributed by atoms with Crippen LogP contribution in [0.3, 0.4) is 0 Å². The topological polar surface area (TPSA) is 78.9 Å². The summed E-state index contributed by atoms with van der Waals surface area (Å²) in [4.78, 5) is 38.1. The Morgan fingerprint density at radius 1 is 0.292 bits per heavy atom. The summed E-state index contributed by atoms with van der Waals surface area (Å²) in [6.45, 7) is 9.07. The second kappa shape index (κ2) is 53.4. The van der Waals surface area contributed by atoms with Crippen LogP contribution in [0.1, 0.15) is 336 Å².